The molecule has 176 valence electrons. The summed E-state index contributed by atoms with van der Waals surface area (Å²) < 4.78 is 27.6. The monoisotopic (exact) mass is 463 g/mol. The minimum Gasteiger partial charge on any atom is -0.331 e. The maximum absolute atomic E-state index is 13.8. The number of halogens is 2. The molecule has 3 aromatic rings. The number of anilines is 1. The van der Waals surface area contributed by atoms with Crippen molar-refractivity contribution in [3.8, 4) is 0 Å². The Morgan fingerprint density at radius 2 is 1.47 bits per heavy atom. The molecule has 1 aliphatic rings. The van der Waals surface area contributed by atoms with Gasteiger partial charge in [0.15, 0.2) is 0 Å². The van der Waals surface area contributed by atoms with Gasteiger partial charge < -0.3 is 16.0 Å². The molecular weight excluding hydrogens is 436 g/mol. The zero-order valence-electron chi connectivity index (χ0n) is 18.7. The predicted molar refractivity (Wildman–Crippen MR) is 127 cm³/mol. The normalized spacial score (nSPS) is 17.7. The van der Waals surface area contributed by atoms with Gasteiger partial charge in [0.05, 0.1) is 0 Å². The molecule has 1 aliphatic carbocycles. The third kappa shape index (κ3) is 5.85. The smallest absolute Gasteiger partial charge is 0.255 e. The van der Waals surface area contributed by atoms with Crippen LogP contribution in [-0.4, -0.2) is 28.8 Å². The topological polar surface area (TPSA) is 75.4 Å². The minimum absolute atomic E-state index is 0.0147. The van der Waals surface area contributed by atoms with Crippen LogP contribution in [0.5, 0.6) is 0 Å². The number of hydrogen-bond donors (Lipinski definition) is 2. The summed E-state index contributed by atoms with van der Waals surface area (Å²) in [4.78, 5) is 27.4. The Morgan fingerprint density at radius 3 is 2.09 bits per heavy atom. The number of nitrogens with two attached hydrogens (primary N) is 1. The molecule has 0 atom stereocenters. The highest BCUT2D eigenvalue weighted by molar-refractivity contribution is 6.04. The second-order valence-corrected chi connectivity index (χ2v) is 8.68. The van der Waals surface area contributed by atoms with Crippen molar-refractivity contribution >= 4 is 17.5 Å². The molecule has 0 bridgehead atoms. The Morgan fingerprint density at radius 1 is 0.853 bits per heavy atom. The van der Waals surface area contributed by atoms with Crippen LogP contribution in [0.25, 0.3) is 0 Å². The number of nitrogens with one attached hydrogen (secondary N) is 1. The minimum atomic E-state index is -0.785. The van der Waals surface area contributed by atoms with Crippen molar-refractivity contribution in [3.05, 3.63) is 101 Å². The van der Waals surface area contributed by atoms with Gasteiger partial charge in [-0.1, -0.05) is 30.3 Å². The standard InChI is InChI=1S/C27H27F2N3O2/c28-21-14-20(15-22(29)16-21)27(34)32(25-12-8-23(30)9-13-25)17-18-6-10-24(11-7-18)31-26(33)19-4-2-1-3-5-19/h1-7,10-11,14-16,23,25H,8-9,12-13,17,30H2,(H,31,33). The zero-order valence-corrected chi connectivity index (χ0v) is 18.7. The number of benzene rings is 3. The summed E-state index contributed by atoms with van der Waals surface area (Å²) in [5, 5.41) is 2.85. The third-order valence-corrected chi connectivity index (χ3v) is 6.15. The quantitative estimate of drug-likeness (QED) is 0.532. The molecule has 5 nitrogen and oxygen atoms in total. The summed E-state index contributed by atoms with van der Waals surface area (Å²) in [7, 11) is 0. The highest BCUT2D eigenvalue weighted by atomic mass is 19.1. The lowest BCUT2D eigenvalue weighted by molar-refractivity contribution is 0.0605. The van der Waals surface area contributed by atoms with E-state index in [-0.39, 0.29) is 30.1 Å². The predicted octanol–water partition coefficient (Wildman–Crippen LogP) is 5.13. The van der Waals surface area contributed by atoms with Gasteiger partial charge in [0.25, 0.3) is 11.8 Å². The summed E-state index contributed by atoms with van der Waals surface area (Å²) in [6, 6.07) is 19.0. The lowest BCUT2D eigenvalue weighted by Gasteiger charge is -2.36. The first-order valence-corrected chi connectivity index (χ1v) is 11.4. The van der Waals surface area contributed by atoms with E-state index < -0.39 is 17.5 Å². The maximum Gasteiger partial charge on any atom is 0.255 e. The summed E-state index contributed by atoms with van der Waals surface area (Å²) in [5.41, 5.74) is 8.06. The zero-order chi connectivity index (χ0) is 24.1. The molecule has 0 heterocycles. The van der Waals surface area contributed by atoms with Crippen molar-refractivity contribution in [1.29, 1.82) is 0 Å². The lowest BCUT2D eigenvalue weighted by atomic mass is 9.90. The van der Waals surface area contributed by atoms with Crippen LogP contribution in [0, 0.1) is 11.6 Å². The Kier molecular flexibility index (Phi) is 7.33. The van der Waals surface area contributed by atoms with Crippen molar-refractivity contribution < 1.29 is 18.4 Å². The Balaban J connectivity index is 1.51. The number of hydrogen-bond acceptors (Lipinski definition) is 3. The Labute approximate surface area is 197 Å². The molecule has 0 aromatic heterocycles. The second-order valence-electron chi connectivity index (χ2n) is 8.68. The number of amides is 2. The van der Waals surface area contributed by atoms with Crippen LogP contribution in [0.3, 0.4) is 0 Å². The van der Waals surface area contributed by atoms with Crippen molar-refractivity contribution in [1.82, 2.24) is 4.90 Å². The van der Waals surface area contributed by atoms with Gasteiger partial charge in [0.2, 0.25) is 0 Å². The van der Waals surface area contributed by atoms with E-state index in [2.05, 4.69) is 5.32 Å². The fourth-order valence-electron chi connectivity index (χ4n) is 4.31. The number of nitrogens with zero attached hydrogens (tertiary/aromatic N) is 1. The molecule has 34 heavy (non-hydrogen) atoms. The van der Waals surface area contributed by atoms with Crippen LogP contribution in [-0.2, 0) is 6.54 Å². The maximum atomic E-state index is 13.8. The van der Waals surface area contributed by atoms with Crippen LogP contribution in [0.2, 0.25) is 0 Å². The van der Waals surface area contributed by atoms with Gasteiger partial charge >= 0.3 is 0 Å². The molecule has 0 aliphatic heterocycles. The Bertz CT molecular complexity index is 1120. The highest BCUT2D eigenvalue weighted by Crippen LogP contribution is 2.26. The van der Waals surface area contributed by atoms with Gasteiger partial charge in [-0.15, -0.1) is 0 Å². The van der Waals surface area contributed by atoms with E-state index in [4.69, 9.17) is 5.73 Å². The van der Waals surface area contributed by atoms with Gasteiger partial charge in [0, 0.05) is 41.5 Å². The van der Waals surface area contributed by atoms with E-state index in [1.807, 2.05) is 18.2 Å². The molecule has 0 radical (unpaired) electrons. The summed E-state index contributed by atoms with van der Waals surface area (Å²) >= 11 is 0. The Hall–Kier alpha value is -3.58. The average molecular weight is 464 g/mol. The average Bonchev–Trinajstić information content (AvgIpc) is 2.84. The molecule has 3 aromatic carbocycles. The number of carbonyl (C=O) groups is 2. The van der Waals surface area contributed by atoms with Crippen molar-refractivity contribution in [2.24, 2.45) is 5.73 Å². The van der Waals surface area contributed by atoms with Crippen LogP contribution in [0.15, 0.2) is 72.8 Å². The van der Waals surface area contributed by atoms with Crippen LogP contribution in [0.4, 0.5) is 14.5 Å². The molecule has 0 unspecified atom stereocenters. The van der Waals surface area contributed by atoms with Gasteiger partial charge in [-0.3, -0.25) is 9.59 Å². The number of carbonyl (C=O) groups excluding carboxylic acids is 2. The molecule has 0 saturated heterocycles. The molecule has 2 amide bonds. The van der Waals surface area contributed by atoms with E-state index in [0.29, 0.717) is 11.3 Å². The summed E-state index contributed by atoms with van der Waals surface area (Å²) in [5.74, 6) is -2.20. The SMILES string of the molecule is NC1CCC(N(Cc2ccc(NC(=O)c3ccccc3)cc2)C(=O)c2cc(F)cc(F)c2)CC1. The van der Waals surface area contributed by atoms with Crippen LogP contribution >= 0.6 is 0 Å². The largest absolute Gasteiger partial charge is 0.331 e. The van der Waals surface area contributed by atoms with Gasteiger partial charge in [-0.25, -0.2) is 8.78 Å². The molecule has 4 rings (SSSR count). The summed E-state index contributed by atoms with van der Waals surface area (Å²) in [6.07, 6.45) is 3.04. The van der Waals surface area contributed by atoms with Gasteiger partial charge in [-0.05, 0) is 67.6 Å². The molecule has 1 fully saturated rings. The van der Waals surface area contributed by atoms with Crippen molar-refractivity contribution in [2.75, 3.05) is 5.32 Å². The van der Waals surface area contributed by atoms with E-state index in [9.17, 15) is 18.4 Å². The van der Waals surface area contributed by atoms with Crippen LogP contribution < -0.4 is 11.1 Å². The first-order valence-electron chi connectivity index (χ1n) is 11.4. The van der Waals surface area contributed by atoms with Gasteiger partial charge in [-0.2, -0.15) is 0 Å². The van der Waals surface area contributed by atoms with Gasteiger partial charge in [0.1, 0.15) is 11.6 Å². The fraction of sp³-hybridized carbons (Fsp3) is 0.259. The lowest BCUT2D eigenvalue weighted by Crippen LogP contribution is -2.43. The van der Waals surface area contributed by atoms with E-state index >= 15 is 0 Å². The van der Waals surface area contributed by atoms with Crippen molar-refractivity contribution in [3.63, 3.8) is 0 Å². The molecule has 1 saturated carbocycles. The number of rotatable bonds is 6. The highest BCUT2D eigenvalue weighted by Gasteiger charge is 2.29. The van der Waals surface area contributed by atoms with E-state index in [1.54, 1.807) is 41.3 Å². The first-order chi connectivity index (χ1) is 16.4. The molecule has 7 heteroatoms. The molecule has 3 N–H and O–H groups in total. The van der Waals surface area contributed by atoms with E-state index in [1.165, 1.54) is 0 Å². The second kappa shape index (κ2) is 10.6. The van der Waals surface area contributed by atoms with E-state index in [0.717, 1.165) is 49.4 Å². The third-order valence-electron chi connectivity index (χ3n) is 6.15. The summed E-state index contributed by atoms with van der Waals surface area (Å²) in [6.45, 7) is 0.282. The molecular formula is C27H27F2N3O2. The van der Waals surface area contributed by atoms with Crippen molar-refractivity contribution in [2.45, 2.75) is 44.3 Å². The molecule has 0 spiro atoms. The first kappa shape index (κ1) is 23.6. The fourth-order valence-corrected chi connectivity index (χ4v) is 4.31. The van der Waals surface area contributed by atoms with Crippen LogP contribution in [0.1, 0.15) is 52.0 Å².